The van der Waals surface area contributed by atoms with E-state index in [0.29, 0.717) is 12.5 Å². The maximum absolute atomic E-state index is 6.18. The van der Waals surface area contributed by atoms with Crippen molar-refractivity contribution in [1.82, 2.24) is 0 Å². The van der Waals surface area contributed by atoms with Crippen molar-refractivity contribution in [3.05, 3.63) is 28.8 Å². The molecule has 3 heteroatoms. The van der Waals surface area contributed by atoms with E-state index in [0.717, 1.165) is 16.3 Å². The van der Waals surface area contributed by atoms with Gasteiger partial charge in [0.25, 0.3) is 0 Å². The van der Waals surface area contributed by atoms with Crippen molar-refractivity contribution in [3.8, 4) is 0 Å². The first kappa shape index (κ1) is 13.3. The fourth-order valence-electron chi connectivity index (χ4n) is 1.58. The van der Waals surface area contributed by atoms with Gasteiger partial charge < -0.3 is 10.1 Å². The van der Waals surface area contributed by atoms with E-state index in [1.54, 1.807) is 7.11 Å². The molecule has 1 rings (SSSR count). The highest BCUT2D eigenvalue weighted by atomic mass is 35.5. The number of nitrogens with one attached hydrogen (secondary N) is 1. The molecule has 0 radical (unpaired) electrons. The van der Waals surface area contributed by atoms with Crippen LogP contribution in [0, 0.1) is 12.8 Å². The molecule has 1 unspecified atom stereocenters. The summed E-state index contributed by atoms with van der Waals surface area (Å²) in [6, 6.07) is 6.20. The standard InChI is InChI=1S/C13H20ClNO/c1-9(2)12(8-16-4)15-13-10(3)6-5-7-11(13)14/h5-7,9,12,15H,8H2,1-4H3. The van der Waals surface area contributed by atoms with Crippen LogP contribution < -0.4 is 5.32 Å². The molecular weight excluding hydrogens is 222 g/mol. The Balaban J connectivity index is 2.84. The average Bonchev–Trinajstić information content (AvgIpc) is 2.21. The Bertz CT molecular complexity index is 318. The third-order valence-electron chi connectivity index (χ3n) is 2.70. The van der Waals surface area contributed by atoms with Gasteiger partial charge in [0.05, 0.1) is 23.4 Å². The normalized spacial score (nSPS) is 12.9. The lowest BCUT2D eigenvalue weighted by atomic mass is 10.0. The van der Waals surface area contributed by atoms with Crippen LogP contribution in [0.2, 0.25) is 5.02 Å². The highest BCUT2D eigenvalue weighted by Crippen LogP contribution is 2.27. The summed E-state index contributed by atoms with van der Waals surface area (Å²) in [6.07, 6.45) is 0. The second-order valence-corrected chi connectivity index (χ2v) is 4.79. The SMILES string of the molecule is COCC(Nc1c(C)cccc1Cl)C(C)C. The summed E-state index contributed by atoms with van der Waals surface area (Å²) in [5.74, 6) is 0.496. The zero-order valence-corrected chi connectivity index (χ0v) is 11.1. The number of hydrogen-bond donors (Lipinski definition) is 1. The minimum absolute atomic E-state index is 0.281. The summed E-state index contributed by atoms with van der Waals surface area (Å²) in [6.45, 7) is 7.08. The molecule has 0 bridgehead atoms. The van der Waals surface area contributed by atoms with E-state index in [9.17, 15) is 0 Å². The second kappa shape index (κ2) is 6.12. The Morgan fingerprint density at radius 2 is 2.06 bits per heavy atom. The molecule has 1 atom stereocenters. The molecule has 0 aromatic heterocycles. The number of anilines is 1. The van der Waals surface area contributed by atoms with Crippen molar-refractivity contribution in [1.29, 1.82) is 0 Å². The smallest absolute Gasteiger partial charge is 0.0666 e. The first-order valence-corrected chi connectivity index (χ1v) is 5.94. The van der Waals surface area contributed by atoms with Crippen LogP contribution >= 0.6 is 11.6 Å². The third kappa shape index (κ3) is 3.39. The van der Waals surface area contributed by atoms with Gasteiger partial charge in [-0.15, -0.1) is 0 Å². The molecule has 90 valence electrons. The first-order chi connectivity index (χ1) is 7.56. The number of ether oxygens (including phenoxy) is 1. The van der Waals surface area contributed by atoms with Gasteiger partial charge >= 0.3 is 0 Å². The molecule has 2 nitrogen and oxygen atoms in total. The summed E-state index contributed by atoms with van der Waals surface area (Å²) in [7, 11) is 1.72. The number of hydrogen-bond acceptors (Lipinski definition) is 2. The van der Waals surface area contributed by atoms with E-state index in [4.69, 9.17) is 16.3 Å². The zero-order valence-electron chi connectivity index (χ0n) is 10.4. The molecule has 0 aliphatic heterocycles. The van der Waals surface area contributed by atoms with Crippen molar-refractivity contribution >= 4 is 17.3 Å². The second-order valence-electron chi connectivity index (χ2n) is 4.38. The van der Waals surface area contributed by atoms with Crippen LogP contribution in [0.4, 0.5) is 5.69 Å². The molecule has 0 saturated carbocycles. The summed E-state index contributed by atoms with van der Waals surface area (Å²) < 4.78 is 5.21. The number of para-hydroxylation sites is 1. The van der Waals surface area contributed by atoms with Gasteiger partial charge in [-0.25, -0.2) is 0 Å². The van der Waals surface area contributed by atoms with E-state index in [1.807, 2.05) is 12.1 Å². The van der Waals surface area contributed by atoms with E-state index in [-0.39, 0.29) is 6.04 Å². The van der Waals surface area contributed by atoms with Gasteiger partial charge in [-0.3, -0.25) is 0 Å². The molecule has 1 N–H and O–H groups in total. The van der Waals surface area contributed by atoms with Gasteiger partial charge in [0.15, 0.2) is 0 Å². The third-order valence-corrected chi connectivity index (χ3v) is 3.02. The van der Waals surface area contributed by atoms with Crippen LogP contribution in [0.3, 0.4) is 0 Å². The minimum atomic E-state index is 0.281. The summed E-state index contributed by atoms with van der Waals surface area (Å²) in [5.41, 5.74) is 2.18. The molecule has 0 saturated heterocycles. The maximum Gasteiger partial charge on any atom is 0.0666 e. The summed E-state index contributed by atoms with van der Waals surface area (Å²) >= 11 is 6.18. The maximum atomic E-state index is 6.18. The Morgan fingerprint density at radius 1 is 1.38 bits per heavy atom. The van der Waals surface area contributed by atoms with Crippen molar-refractivity contribution in [3.63, 3.8) is 0 Å². The molecule has 0 spiro atoms. The molecule has 1 aromatic carbocycles. The van der Waals surface area contributed by atoms with Gasteiger partial charge in [0, 0.05) is 7.11 Å². The predicted molar refractivity (Wildman–Crippen MR) is 70.3 cm³/mol. The number of rotatable bonds is 5. The summed E-state index contributed by atoms with van der Waals surface area (Å²) in [5, 5.41) is 4.22. The molecule has 0 fully saturated rings. The fraction of sp³-hybridized carbons (Fsp3) is 0.538. The van der Waals surface area contributed by atoms with Crippen LogP contribution in [0.25, 0.3) is 0 Å². The topological polar surface area (TPSA) is 21.3 Å². The zero-order chi connectivity index (χ0) is 12.1. The Morgan fingerprint density at radius 3 is 2.56 bits per heavy atom. The van der Waals surface area contributed by atoms with Gasteiger partial charge in [-0.2, -0.15) is 0 Å². The lowest BCUT2D eigenvalue weighted by Crippen LogP contribution is -2.30. The number of methoxy groups -OCH3 is 1. The van der Waals surface area contributed by atoms with Crippen molar-refractivity contribution in [2.45, 2.75) is 26.8 Å². The average molecular weight is 242 g/mol. The minimum Gasteiger partial charge on any atom is -0.383 e. The Hall–Kier alpha value is -0.730. The van der Waals surface area contributed by atoms with Gasteiger partial charge in [0.2, 0.25) is 0 Å². The van der Waals surface area contributed by atoms with Gasteiger partial charge in [0.1, 0.15) is 0 Å². The highest BCUT2D eigenvalue weighted by molar-refractivity contribution is 6.33. The molecular formula is C13H20ClNO. The number of halogens is 1. The van der Waals surface area contributed by atoms with Crippen LogP contribution in [0.5, 0.6) is 0 Å². The van der Waals surface area contributed by atoms with Crippen LogP contribution in [-0.2, 0) is 4.74 Å². The van der Waals surface area contributed by atoms with Crippen molar-refractivity contribution in [2.75, 3.05) is 19.0 Å². The van der Waals surface area contributed by atoms with Crippen molar-refractivity contribution < 1.29 is 4.74 Å². The Labute approximate surface area is 103 Å². The molecule has 0 aliphatic carbocycles. The van der Waals surface area contributed by atoms with E-state index >= 15 is 0 Å². The molecule has 0 amide bonds. The van der Waals surface area contributed by atoms with Crippen molar-refractivity contribution in [2.24, 2.45) is 5.92 Å². The van der Waals surface area contributed by atoms with Gasteiger partial charge in [-0.1, -0.05) is 37.6 Å². The number of aryl methyl sites for hydroxylation is 1. The highest BCUT2D eigenvalue weighted by Gasteiger charge is 2.15. The molecule has 1 aromatic rings. The van der Waals surface area contributed by atoms with Gasteiger partial charge in [-0.05, 0) is 24.5 Å². The molecule has 16 heavy (non-hydrogen) atoms. The summed E-state index contributed by atoms with van der Waals surface area (Å²) in [4.78, 5) is 0. The van der Waals surface area contributed by atoms with E-state index in [1.165, 1.54) is 0 Å². The first-order valence-electron chi connectivity index (χ1n) is 5.56. The molecule has 0 heterocycles. The molecule has 0 aliphatic rings. The fourth-order valence-corrected chi connectivity index (χ4v) is 1.86. The van der Waals surface area contributed by atoms with E-state index in [2.05, 4.69) is 32.2 Å². The predicted octanol–water partition coefficient (Wildman–Crippen LogP) is 3.73. The van der Waals surface area contributed by atoms with Crippen LogP contribution in [-0.4, -0.2) is 19.8 Å². The lowest BCUT2D eigenvalue weighted by Gasteiger charge is -2.24. The lowest BCUT2D eigenvalue weighted by molar-refractivity contribution is 0.171. The largest absolute Gasteiger partial charge is 0.383 e. The monoisotopic (exact) mass is 241 g/mol. The Kier molecular flexibility index (Phi) is 5.10. The quantitative estimate of drug-likeness (QED) is 0.848. The van der Waals surface area contributed by atoms with E-state index < -0.39 is 0 Å². The van der Waals surface area contributed by atoms with Crippen LogP contribution in [0.1, 0.15) is 19.4 Å². The number of benzene rings is 1. The van der Waals surface area contributed by atoms with Crippen LogP contribution in [0.15, 0.2) is 18.2 Å².